The molecule has 14 heavy (non-hydrogen) atoms. The number of rotatable bonds is 7. The lowest BCUT2D eigenvalue weighted by Crippen LogP contribution is -2.15. The molecule has 0 fully saturated rings. The Labute approximate surface area is 82.7 Å². The van der Waals surface area contributed by atoms with E-state index in [1.165, 1.54) is 0 Å². The summed E-state index contributed by atoms with van der Waals surface area (Å²) in [4.78, 5) is 21.0. The van der Waals surface area contributed by atoms with Crippen LogP contribution in [0, 0.1) is 0 Å². The zero-order valence-corrected chi connectivity index (χ0v) is 8.23. The minimum Gasteiger partial charge on any atom is -0.481 e. The van der Waals surface area contributed by atoms with Crippen molar-refractivity contribution >= 4 is 11.9 Å². The van der Waals surface area contributed by atoms with E-state index in [4.69, 9.17) is 14.9 Å². The highest BCUT2D eigenvalue weighted by Crippen LogP contribution is 1.99. The fourth-order valence-electron chi connectivity index (χ4n) is 0.805. The molecule has 5 heteroatoms. The van der Waals surface area contributed by atoms with E-state index in [1.807, 2.05) is 0 Å². The van der Waals surface area contributed by atoms with Crippen LogP contribution in [0.25, 0.3) is 0 Å². The molecule has 5 nitrogen and oxygen atoms in total. The molecule has 0 saturated carbocycles. The molecule has 0 rings (SSSR count). The van der Waals surface area contributed by atoms with Crippen molar-refractivity contribution in [1.29, 1.82) is 0 Å². The van der Waals surface area contributed by atoms with Crippen LogP contribution in [-0.2, 0) is 14.3 Å². The number of hydrogen-bond acceptors (Lipinski definition) is 4. The maximum atomic E-state index is 10.9. The van der Waals surface area contributed by atoms with E-state index < -0.39 is 18.0 Å². The van der Waals surface area contributed by atoms with E-state index in [9.17, 15) is 9.59 Å². The molecular formula is C9H16O5. The van der Waals surface area contributed by atoms with Crippen molar-refractivity contribution < 1.29 is 24.5 Å². The smallest absolute Gasteiger partial charge is 0.308 e. The molecule has 2 N–H and O–H groups in total. The maximum Gasteiger partial charge on any atom is 0.308 e. The van der Waals surface area contributed by atoms with Crippen LogP contribution in [0.4, 0.5) is 0 Å². The van der Waals surface area contributed by atoms with Crippen molar-refractivity contribution in [2.24, 2.45) is 0 Å². The Hall–Kier alpha value is -1.10. The molecule has 0 aromatic rings. The highest BCUT2D eigenvalue weighted by molar-refractivity contribution is 5.70. The van der Waals surface area contributed by atoms with Gasteiger partial charge in [-0.3, -0.25) is 9.59 Å². The number of aliphatic hydroxyl groups excluding tert-OH is 1. The van der Waals surface area contributed by atoms with Gasteiger partial charge in [-0.2, -0.15) is 0 Å². The third-order valence-electron chi connectivity index (χ3n) is 1.67. The Balaban J connectivity index is 3.40. The van der Waals surface area contributed by atoms with Gasteiger partial charge in [-0.15, -0.1) is 0 Å². The normalized spacial score (nSPS) is 12.1. The molecule has 1 atom stereocenters. The van der Waals surface area contributed by atoms with Gasteiger partial charge in [0.15, 0.2) is 0 Å². The van der Waals surface area contributed by atoms with Crippen molar-refractivity contribution in [3.63, 3.8) is 0 Å². The zero-order valence-electron chi connectivity index (χ0n) is 8.23. The molecule has 0 aromatic carbocycles. The van der Waals surface area contributed by atoms with E-state index in [0.29, 0.717) is 12.8 Å². The lowest BCUT2D eigenvalue weighted by atomic mass is 10.2. The van der Waals surface area contributed by atoms with E-state index in [0.717, 1.165) is 0 Å². The average molecular weight is 204 g/mol. The van der Waals surface area contributed by atoms with Crippen LogP contribution in [0.1, 0.15) is 32.6 Å². The molecule has 82 valence electrons. The first-order valence-electron chi connectivity index (χ1n) is 4.61. The summed E-state index contributed by atoms with van der Waals surface area (Å²) >= 11 is 0. The van der Waals surface area contributed by atoms with Gasteiger partial charge in [-0.1, -0.05) is 6.92 Å². The van der Waals surface area contributed by atoms with E-state index in [1.54, 1.807) is 6.92 Å². The summed E-state index contributed by atoms with van der Waals surface area (Å²) in [5, 5.41) is 17.4. The fraction of sp³-hybridized carbons (Fsp3) is 0.778. The van der Waals surface area contributed by atoms with E-state index in [-0.39, 0.29) is 19.4 Å². The third kappa shape index (κ3) is 7.54. The number of esters is 1. The number of carboxylic acid groups (broad SMARTS) is 1. The van der Waals surface area contributed by atoms with Crippen molar-refractivity contribution in [2.75, 3.05) is 6.61 Å². The molecule has 1 unspecified atom stereocenters. The van der Waals surface area contributed by atoms with Crippen LogP contribution < -0.4 is 0 Å². The summed E-state index contributed by atoms with van der Waals surface area (Å²) in [6.45, 7) is 1.87. The first-order chi connectivity index (χ1) is 6.56. The van der Waals surface area contributed by atoms with Crippen LogP contribution in [0.5, 0.6) is 0 Å². The number of aliphatic carboxylic acids is 1. The summed E-state index contributed by atoms with van der Waals surface area (Å²) in [5.74, 6) is -1.39. The van der Waals surface area contributed by atoms with Crippen LogP contribution in [0.15, 0.2) is 0 Å². The topological polar surface area (TPSA) is 83.8 Å². The van der Waals surface area contributed by atoms with Crippen LogP contribution in [-0.4, -0.2) is 34.9 Å². The summed E-state index contributed by atoms with van der Waals surface area (Å²) < 4.78 is 4.70. The molecule has 0 heterocycles. The molecule has 0 spiro atoms. The number of hydrogen-bond donors (Lipinski definition) is 2. The molecule has 0 bridgehead atoms. The molecule has 0 amide bonds. The van der Waals surface area contributed by atoms with E-state index in [2.05, 4.69) is 0 Å². The number of ether oxygens (including phenoxy) is 1. The molecule has 0 aliphatic carbocycles. The quantitative estimate of drug-likeness (QED) is 0.467. The van der Waals surface area contributed by atoms with Gasteiger partial charge in [0.25, 0.3) is 0 Å². The van der Waals surface area contributed by atoms with Crippen LogP contribution in [0.2, 0.25) is 0 Å². The lowest BCUT2D eigenvalue weighted by Gasteiger charge is -2.07. The number of aliphatic hydroxyl groups is 1. The summed E-state index contributed by atoms with van der Waals surface area (Å²) in [6.07, 6.45) is 0.114. The summed E-state index contributed by atoms with van der Waals surface area (Å²) in [5.41, 5.74) is 0. The van der Waals surface area contributed by atoms with Crippen molar-refractivity contribution in [2.45, 2.75) is 38.7 Å². The highest BCUT2D eigenvalue weighted by atomic mass is 16.5. The largest absolute Gasteiger partial charge is 0.481 e. The molecule has 0 aliphatic heterocycles. The standard InChI is InChI=1S/C9H16O5/c1-2-7(10)6-9(13)14-5-3-4-8(11)12/h7,10H,2-6H2,1H3,(H,11,12). The minimum absolute atomic E-state index is 0.0103. The fourth-order valence-corrected chi connectivity index (χ4v) is 0.805. The van der Waals surface area contributed by atoms with Gasteiger partial charge in [0.05, 0.1) is 19.1 Å². The van der Waals surface area contributed by atoms with Gasteiger partial charge in [-0.05, 0) is 12.8 Å². The van der Waals surface area contributed by atoms with Gasteiger partial charge in [0.1, 0.15) is 0 Å². The summed E-state index contributed by atoms with van der Waals surface area (Å²) in [6, 6.07) is 0. The Morgan fingerprint density at radius 1 is 1.43 bits per heavy atom. The second kappa shape index (κ2) is 7.32. The number of carbonyl (C=O) groups excluding carboxylic acids is 1. The lowest BCUT2D eigenvalue weighted by molar-refractivity contribution is -0.147. The SMILES string of the molecule is CCC(O)CC(=O)OCCCC(=O)O. The van der Waals surface area contributed by atoms with Gasteiger partial charge in [0.2, 0.25) is 0 Å². The number of carbonyl (C=O) groups is 2. The monoisotopic (exact) mass is 204 g/mol. The molecule has 0 radical (unpaired) electrons. The third-order valence-corrected chi connectivity index (χ3v) is 1.67. The minimum atomic E-state index is -0.908. The maximum absolute atomic E-state index is 10.9. The average Bonchev–Trinajstić information content (AvgIpc) is 2.12. The summed E-state index contributed by atoms with van der Waals surface area (Å²) in [7, 11) is 0. The molecule has 0 saturated heterocycles. The van der Waals surface area contributed by atoms with Crippen LogP contribution >= 0.6 is 0 Å². The Morgan fingerprint density at radius 2 is 2.07 bits per heavy atom. The van der Waals surface area contributed by atoms with Gasteiger partial charge in [-0.25, -0.2) is 0 Å². The zero-order chi connectivity index (χ0) is 11.0. The Bertz CT molecular complexity index is 190. The number of carboxylic acids is 1. The van der Waals surface area contributed by atoms with Crippen molar-refractivity contribution in [1.82, 2.24) is 0 Å². The molecule has 0 aliphatic rings. The first kappa shape index (κ1) is 12.9. The van der Waals surface area contributed by atoms with Crippen molar-refractivity contribution in [3.8, 4) is 0 Å². The highest BCUT2D eigenvalue weighted by Gasteiger charge is 2.09. The van der Waals surface area contributed by atoms with Crippen LogP contribution in [0.3, 0.4) is 0 Å². The Kier molecular flexibility index (Phi) is 6.74. The van der Waals surface area contributed by atoms with Gasteiger partial charge < -0.3 is 14.9 Å². The second-order valence-corrected chi connectivity index (χ2v) is 2.98. The molecular weight excluding hydrogens is 188 g/mol. The molecule has 0 aromatic heterocycles. The van der Waals surface area contributed by atoms with Gasteiger partial charge in [0, 0.05) is 6.42 Å². The Morgan fingerprint density at radius 3 is 2.57 bits per heavy atom. The first-order valence-corrected chi connectivity index (χ1v) is 4.61. The predicted octanol–water partition coefficient (Wildman–Crippen LogP) is 0.555. The van der Waals surface area contributed by atoms with E-state index >= 15 is 0 Å². The predicted molar refractivity (Wildman–Crippen MR) is 48.7 cm³/mol. The second-order valence-electron chi connectivity index (χ2n) is 2.98. The van der Waals surface area contributed by atoms with Gasteiger partial charge >= 0.3 is 11.9 Å². The van der Waals surface area contributed by atoms with Crippen molar-refractivity contribution in [3.05, 3.63) is 0 Å².